The highest BCUT2D eigenvalue weighted by Crippen LogP contribution is 2.80. The van der Waals surface area contributed by atoms with Crippen molar-refractivity contribution in [3.8, 4) is 0 Å². The first-order valence-corrected chi connectivity index (χ1v) is 20.9. The van der Waals surface area contributed by atoms with Gasteiger partial charge in [-0.25, -0.2) is 0 Å². The first kappa shape index (κ1) is 34.2. The Hall–Kier alpha value is -1.36. The summed E-state index contributed by atoms with van der Waals surface area (Å²) in [6.07, 6.45) is 9.92. The fourth-order valence-electron chi connectivity index (χ4n) is 15.2. The van der Waals surface area contributed by atoms with Gasteiger partial charge in [-0.05, 0) is 134 Å². The van der Waals surface area contributed by atoms with Crippen molar-refractivity contribution in [1.29, 1.82) is 0 Å². The lowest BCUT2D eigenvalue weighted by Gasteiger charge is -2.49. The van der Waals surface area contributed by atoms with E-state index in [4.69, 9.17) is 18.9 Å². The number of ketones is 1. The van der Waals surface area contributed by atoms with E-state index < -0.39 is 28.7 Å². The maximum absolute atomic E-state index is 15.3. The Kier molecular flexibility index (Phi) is 7.60. The fraction of sp³-hybridized carbons (Fsp3) is 0.905. The highest BCUT2D eigenvalue weighted by molar-refractivity contribution is 5.91. The van der Waals surface area contributed by atoms with Crippen LogP contribution in [0.2, 0.25) is 0 Å². The number of aliphatic hydroxyl groups is 1. The SMILES string of the molecule is C=C1CC[C@H]2C(CN3CCCC3)C(=O)O[C@@H]2C2[C@H]1CC(=O)[C@]21CC[C@@]23OC(C)(C)O[C@]21C[C@@H]1[C@H]3[C@H]2OC(O)[C@H](CN3CCCC3)[C@@H]2CCC1(C)C. The van der Waals surface area contributed by atoms with Crippen molar-refractivity contribution in [1.82, 2.24) is 9.80 Å². The molecule has 282 valence electrons. The zero-order valence-corrected chi connectivity index (χ0v) is 31.6. The molecule has 3 unspecified atom stereocenters. The quantitative estimate of drug-likeness (QED) is 0.307. The third kappa shape index (κ3) is 4.48. The smallest absolute Gasteiger partial charge is 0.310 e. The maximum atomic E-state index is 15.3. The van der Waals surface area contributed by atoms with E-state index in [-0.39, 0.29) is 76.7 Å². The second kappa shape index (κ2) is 11.3. The molecular formula is C42H62N2O7. The van der Waals surface area contributed by atoms with Crippen LogP contribution in [0.25, 0.3) is 0 Å². The summed E-state index contributed by atoms with van der Waals surface area (Å²) in [5.41, 5.74) is -1.32. The predicted octanol–water partition coefficient (Wildman–Crippen LogP) is 5.34. The molecule has 0 aromatic carbocycles. The number of carbonyl (C=O) groups is 2. The summed E-state index contributed by atoms with van der Waals surface area (Å²) in [7, 11) is 0. The van der Waals surface area contributed by atoms with Crippen molar-refractivity contribution >= 4 is 11.8 Å². The van der Waals surface area contributed by atoms with Crippen molar-refractivity contribution in [2.45, 2.75) is 140 Å². The number of carbonyl (C=O) groups excluding carboxylic acids is 2. The molecule has 5 heterocycles. The highest BCUT2D eigenvalue weighted by atomic mass is 16.8. The zero-order valence-electron chi connectivity index (χ0n) is 31.6. The maximum Gasteiger partial charge on any atom is 0.310 e. The van der Waals surface area contributed by atoms with Gasteiger partial charge in [-0.15, -0.1) is 0 Å². The number of nitrogens with zero attached hydrogens (tertiary/aromatic N) is 2. The fourth-order valence-corrected chi connectivity index (χ4v) is 15.2. The van der Waals surface area contributed by atoms with Crippen molar-refractivity contribution in [3.05, 3.63) is 12.2 Å². The molecule has 0 bridgehead atoms. The summed E-state index contributed by atoms with van der Waals surface area (Å²) >= 11 is 0. The van der Waals surface area contributed by atoms with Crippen LogP contribution in [-0.4, -0.2) is 101 Å². The van der Waals surface area contributed by atoms with Crippen LogP contribution in [0.5, 0.6) is 0 Å². The lowest BCUT2D eigenvalue weighted by molar-refractivity contribution is -0.226. The minimum absolute atomic E-state index is 0.00921. The number of likely N-dealkylation sites (tertiary alicyclic amines) is 2. The van der Waals surface area contributed by atoms with E-state index in [1.807, 2.05) is 13.8 Å². The van der Waals surface area contributed by atoms with Crippen LogP contribution in [0.4, 0.5) is 0 Å². The molecule has 51 heavy (non-hydrogen) atoms. The Morgan fingerprint density at radius 1 is 0.843 bits per heavy atom. The first-order chi connectivity index (χ1) is 24.3. The molecular weight excluding hydrogens is 644 g/mol. The molecule has 1 spiro atoms. The number of hydrogen-bond acceptors (Lipinski definition) is 9. The molecule has 0 aromatic rings. The van der Waals surface area contributed by atoms with Crippen LogP contribution in [0.1, 0.15) is 105 Å². The van der Waals surface area contributed by atoms with Gasteiger partial charge in [0.15, 0.2) is 12.1 Å². The molecule has 5 saturated carbocycles. The summed E-state index contributed by atoms with van der Waals surface area (Å²) < 4.78 is 28.4. The Balaban J connectivity index is 1.08. The van der Waals surface area contributed by atoms with Crippen molar-refractivity contribution in [2.24, 2.45) is 58.2 Å². The van der Waals surface area contributed by atoms with Crippen LogP contribution in [-0.2, 0) is 28.5 Å². The molecule has 10 aliphatic rings. The van der Waals surface area contributed by atoms with E-state index in [9.17, 15) is 9.90 Å². The molecule has 0 aromatic heterocycles. The van der Waals surface area contributed by atoms with Crippen molar-refractivity contribution in [2.75, 3.05) is 39.3 Å². The topological polar surface area (TPSA) is 97.8 Å². The van der Waals surface area contributed by atoms with E-state index in [1.54, 1.807) is 0 Å². The van der Waals surface area contributed by atoms with Gasteiger partial charge >= 0.3 is 5.97 Å². The second-order valence-corrected chi connectivity index (χ2v) is 20.1. The number of rotatable bonds is 4. The molecule has 5 aliphatic carbocycles. The number of aliphatic hydroxyl groups excluding tert-OH is 1. The molecule has 14 atom stereocenters. The zero-order chi connectivity index (χ0) is 35.3. The van der Waals surface area contributed by atoms with Gasteiger partial charge in [0.1, 0.15) is 23.1 Å². The Morgan fingerprint density at radius 3 is 2.27 bits per heavy atom. The predicted molar refractivity (Wildman–Crippen MR) is 189 cm³/mol. The normalized spacial score (nSPS) is 52.7. The molecule has 10 fully saturated rings. The Labute approximate surface area is 304 Å². The monoisotopic (exact) mass is 706 g/mol. The number of Topliss-reactive ketones (excluding diaryl/α,β-unsaturated/α-hetero) is 1. The number of allylic oxidation sites excluding steroid dienone is 1. The summed E-state index contributed by atoms with van der Waals surface area (Å²) in [5, 5.41) is 11.7. The minimum Gasteiger partial charge on any atom is -0.461 e. The lowest BCUT2D eigenvalue weighted by Crippen LogP contribution is -2.62. The van der Waals surface area contributed by atoms with Crippen molar-refractivity contribution < 1.29 is 33.6 Å². The molecule has 5 aliphatic heterocycles. The van der Waals surface area contributed by atoms with Gasteiger partial charge in [-0.1, -0.05) is 26.0 Å². The van der Waals surface area contributed by atoms with Gasteiger partial charge in [0.25, 0.3) is 0 Å². The largest absolute Gasteiger partial charge is 0.461 e. The number of hydrogen-bond donors (Lipinski definition) is 1. The van der Waals surface area contributed by atoms with Crippen LogP contribution in [0.3, 0.4) is 0 Å². The molecule has 0 amide bonds. The average Bonchev–Trinajstić information content (AvgIpc) is 3.92. The van der Waals surface area contributed by atoms with Crippen LogP contribution in [0, 0.1) is 58.2 Å². The van der Waals surface area contributed by atoms with E-state index in [0.717, 1.165) is 83.4 Å². The third-order valence-corrected chi connectivity index (χ3v) is 17.1. The minimum atomic E-state index is -0.888. The van der Waals surface area contributed by atoms with E-state index in [0.29, 0.717) is 12.8 Å². The Bertz CT molecular complexity index is 1480. The van der Waals surface area contributed by atoms with Gasteiger partial charge in [0.2, 0.25) is 0 Å². The van der Waals surface area contributed by atoms with Gasteiger partial charge in [-0.3, -0.25) is 9.59 Å². The standard InChI is InChI=1S/C42H62N2O7/c1-24-10-11-25-28(22-43-16-6-7-17-43)36(46)48-34(25)32-27(24)20-31(45)40(32)14-15-41-33-30(21-42(40,41)51-39(4,5)50-41)38(2,3)13-12-26-29(37(47)49-35(26)33)23-44-18-8-9-19-44/h25-30,32-35,37,47H,1,6-23H2,2-5H3/t25-,26-,27-,28?,29+,30+,32?,33-,34-,35-,37?,40+,41-,42-/m0/s1. The molecule has 5 saturated heterocycles. The first-order valence-electron chi connectivity index (χ1n) is 20.9. The van der Waals surface area contributed by atoms with Gasteiger partial charge in [0, 0.05) is 43.2 Å². The number of fused-ring (bicyclic) bond motifs is 7. The second-order valence-electron chi connectivity index (χ2n) is 20.1. The molecule has 9 heteroatoms. The Morgan fingerprint density at radius 2 is 1.55 bits per heavy atom. The molecule has 10 rings (SSSR count). The van der Waals surface area contributed by atoms with Gasteiger partial charge in [-0.2, -0.15) is 0 Å². The summed E-state index contributed by atoms with van der Waals surface area (Å²) in [6.45, 7) is 19.5. The number of ether oxygens (including phenoxy) is 4. The molecule has 1 N–H and O–H groups in total. The van der Waals surface area contributed by atoms with E-state index >= 15 is 4.79 Å². The number of esters is 1. The van der Waals surface area contributed by atoms with Crippen LogP contribution in [0.15, 0.2) is 12.2 Å². The highest BCUT2D eigenvalue weighted by Gasteiger charge is 2.88. The van der Waals surface area contributed by atoms with Gasteiger partial charge in [0.05, 0.1) is 17.4 Å². The van der Waals surface area contributed by atoms with E-state index in [2.05, 4.69) is 30.2 Å². The van der Waals surface area contributed by atoms with E-state index in [1.165, 1.54) is 25.7 Å². The molecule has 0 radical (unpaired) electrons. The van der Waals surface area contributed by atoms with Gasteiger partial charge < -0.3 is 33.9 Å². The van der Waals surface area contributed by atoms with Crippen LogP contribution >= 0.6 is 0 Å². The average molecular weight is 707 g/mol. The van der Waals surface area contributed by atoms with Crippen LogP contribution < -0.4 is 0 Å². The lowest BCUT2D eigenvalue weighted by atomic mass is 9.59. The molecule has 9 nitrogen and oxygen atoms in total. The van der Waals surface area contributed by atoms with Crippen molar-refractivity contribution in [3.63, 3.8) is 0 Å². The summed E-state index contributed by atoms with van der Waals surface area (Å²) in [4.78, 5) is 34.2. The third-order valence-electron chi connectivity index (χ3n) is 17.1. The summed E-state index contributed by atoms with van der Waals surface area (Å²) in [6, 6.07) is 0. The summed E-state index contributed by atoms with van der Waals surface area (Å²) in [5.74, 6) is -0.498.